The lowest BCUT2D eigenvalue weighted by atomic mass is 10.3. The molecule has 21 heavy (non-hydrogen) atoms. The molecule has 1 rings (SSSR count). The normalized spacial score (nSPS) is 10.3. The minimum absolute atomic E-state index is 0.00233. The number of carbonyl (C=O) groups excluding carboxylic acids is 1. The van der Waals surface area contributed by atoms with E-state index < -0.39 is 0 Å². The summed E-state index contributed by atoms with van der Waals surface area (Å²) < 4.78 is 5.51. The lowest BCUT2D eigenvalue weighted by Crippen LogP contribution is -2.38. The van der Waals surface area contributed by atoms with Crippen molar-refractivity contribution in [2.24, 2.45) is 0 Å². The molecule has 0 aliphatic carbocycles. The first-order valence-corrected chi connectivity index (χ1v) is 7.19. The third-order valence-corrected chi connectivity index (χ3v) is 2.89. The monoisotopic (exact) mass is 295 g/mol. The second-order valence-corrected chi connectivity index (χ2v) is 4.97. The first-order chi connectivity index (χ1) is 10.0. The predicted molar refractivity (Wildman–Crippen MR) is 83.4 cm³/mol. The standard InChI is InChI=1S/C14H25N5O2/c1-5-7-19(9-11(20)18(3)4)13-12(15)14(17-10-16-13)21-8-6-2/h10H,5-9,15H2,1-4H3. The molecule has 0 spiro atoms. The fourth-order valence-electron chi connectivity index (χ4n) is 1.77. The van der Waals surface area contributed by atoms with E-state index in [2.05, 4.69) is 9.97 Å². The average molecular weight is 295 g/mol. The Kier molecular flexibility index (Phi) is 6.71. The van der Waals surface area contributed by atoms with E-state index in [-0.39, 0.29) is 12.5 Å². The van der Waals surface area contributed by atoms with E-state index in [1.165, 1.54) is 6.33 Å². The fraction of sp³-hybridized carbons (Fsp3) is 0.643. The highest BCUT2D eigenvalue weighted by atomic mass is 16.5. The van der Waals surface area contributed by atoms with Crippen LogP contribution in [0.3, 0.4) is 0 Å². The zero-order valence-electron chi connectivity index (χ0n) is 13.3. The van der Waals surface area contributed by atoms with E-state index in [9.17, 15) is 4.79 Å². The molecule has 0 saturated carbocycles. The van der Waals surface area contributed by atoms with Gasteiger partial charge in [-0.2, -0.15) is 4.98 Å². The maximum atomic E-state index is 11.9. The van der Waals surface area contributed by atoms with Crippen LogP contribution >= 0.6 is 0 Å². The highest BCUT2D eigenvalue weighted by molar-refractivity contribution is 5.82. The molecule has 0 aliphatic heterocycles. The number of aromatic nitrogens is 2. The second-order valence-electron chi connectivity index (χ2n) is 4.97. The van der Waals surface area contributed by atoms with Crippen LogP contribution in [-0.2, 0) is 4.79 Å². The summed E-state index contributed by atoms with van der Waals surface area (Å²) in [5.41, 5.74) is 6.47. The quantitative estimate of drug-likeness (QED) is 0.774. The van der Waals surface area contributed by atoms with Gasteiger partial charge in [0.15, 0.2) is 5.82 Å². The molecule has 1 aromatic rings. The Balaban J connectivity index is 2.99. The topological polar surface area (TPSA) is 84.6 Å². The summed E-state index contributed by atoms with van der Waals surface area (Å²) >= 11 is 0. The highest BCUT2D eigenvalue weighted by Gasteiger charge is 2.18. The van der Waals surface area contributed by atoms with Gasteiger partial charge < -0.3 is 20.3 Å². The van der Waals surface area contributed by atoms with E-state index in [0.29, 0.717) is 30.5 Å². The molecule has 0 bridgehead atoms. The van der Waals surface area contributed by atoms with Crippen LogP contribution in [0.25, 0.3) is 0 Å². The zero-order valence-corrected chi connectivity index (χ0v) is 13.3. The Hall–Kier alpha value is -2.05. The minimum atomic E-state index is -0.00233. The molecule has 0 unspecified atom stereocenters. The number of rotatable bonds is 8. The summed E-state index contributed by atoms with van der Waals surface area (Å²) in [6.45, 7) is 5.52. The van der Waals surface area contributed by atoms with Crippen molar-refractivity contribution in [3.63, 3.8) is 0 Å². The molecule has 118 valence electrons. The highest BCUT2D eigenvalue weighted by Crippen LogP contribution is 2.28. The van der Waals surface area contributed by atoms with Gasteiger partial charge in [0, 0.05) is 20.6 Å². The Bertz CT molecular complexity index is 465. The maximum absolute atomic E-state index is 11.9. The summed E-state index contributed by atoms with van der Waals surface area (Å²) in [5, 5.41) is 0. The molecule has 1 amide bonds. The predicted octanol–water partition coefficient (Wildman–Crippen LogP) is 1.15. The van der Waals surface area contributed by atoms with Crippen molar-refractivity contribution in [3.05, 3.63) is 6.33 Å². The minimum Gasteiger partial charge on any atom is -0.476 e. The Labute approximate surface area is 126 Å². The molecule has 2 N–H and O–H groups in total. The molecule has 0 aliphatic rings. The van der Waals surface area contributed by atoms with E-state index >= 15 is 0 Å². The van der Waals surface area contributed by atoms with E-state index in [4.69, 9.17) is 10.5 Å². The SMILES string of the molecule is CCCOc1ncnc(N(CCC)CC(=O)N(C)C)c1N. The summed E-state index contributed by atoms with van der Waals surface area (Å²) in [7, 11) is 3.46. The van der Waals surface area contributed by atoms with Crippen LogP contribution in [0.5, 0.6) is 5.88 Å². The number of nitrogens with two attached hydrogens (primary N) is 1. The van der Waals surface area contributed by atoms with Crippen LogP contribution in [0, 0.1) is 0 Å². The average Bonchev–Trinajstić information content (AvgIpc) is 2.45. The van der Waals surface area contributed by atoms with Gasteiger partial charge in [0.05, 0.1) is 13.2 Å². The number of ether oxygens (including phenoxy) is 1. The fourth-order valence-corrected chi connectivity index (χ4v) is 1.77. The molecular weight excluding hydrogens is 270 g/mol. The molecule has 0 saturated heterocycles. The van der Waals surface area contributed by atoms with Crippen LogP contribution in [0.4, 0.5) is 11.5 Å². The summed E-state index contributed by atoms with van der Waals surface area (Å²) in [4.78, 5) is 23.6. The van der Waals surface area contributed by atoms with Gasteiger partial charge in [0.25, 0.3) is 0 Å². The third kappa shape index (κ3) is 4.77. The first kappa shape index (κ1) is 17.0. The number of carbonyl (C=O) groups is 1. The van der Waals surface area contributed by atoms with Crippen molar-refractivity contribution >= 4 is 17.4 Å². The number of nitrogen functional groups attached to an aromatic ring is 1. The van der Waals surface area contributed by atoms with Gasteiger partial charge in [-0.15, -0.1) is 0 Å². The lowest BCUT2D eigenvalue weighted by Gasteiger charge is -2.25. The van der Waals surface area contributed by atoms with Crippen LogP contribution < -0.4 is 15.4 Å². The van der Waals surface area contributed by atoms with E-state index in [1.807, 2.05) is 18.7 Å². The first-order valence-electron chi connectivity index (χ1n) is 7.19. The molecule has 0 fully saturated rings. The molecule has 0 atom stereocenters. The number of nitrogens with zero attached hydrogens (tertiary/aromatic N) is 4. The largest absolute Gasteiger partial charge is 0.476 e. The van der Waals surface area contributed by atoms with Crippen molar-refractivity contribution in [2.45, 2.75) is 26.7 Å². The van der Waals surface area contributed by atoms with Gasteiger partial charge in [-0.25, -0.2) is 4.98 Å². The lowest BCUT2D eigenvalue weighted by molar-refractivity contribution is -0.127. The van der Waals surface area contributed by atoms with Crippen LogP contribution in [0.15, 0.2) is 6.33 Å². The van der Waals surface area contributed by atoms with Gasteiger partial charge >= 0.3 is 0 Å². The molecular formula is C14H25N5O2. The van der Waals surface area contributed by atoms with Gasteiger partial charge in [-0.05, 0) is 12.8 Å². The molecule has 7 heteroatoms. The van der Waals surface area contributed by atoms with Gasteiger partial charge in [-0.3, -0.25) is 4.79 Å². The maximum Gasteiger partial charge on any atom is 0.242 e. The van der Waals surface area contributed by atoms with Crippen molar-refractivity contribution < 1.29 is 9.53 Å². The van der Waals surface area contributed by atoms with Crippen LogP contribution in [0.1, 0.15) is 26.7 Å². The van der Waals surface area contributed by atoms with Gasteiger partial charge in [0.1, 0.15) is 12.0 Å². The summed E-state index contributed by atoms with van der Waals surface area (Å²) in [6, 6.07) is 0. The van der Waals surface area contributed by atoms with Crippen molar-refractivity contribution in [1.29, 1.82) is 0 Å². The Morgan fingerprint density at radius 2 is 2.00 bits per heavy atom. The molecule has 0 aromatic carbocycles. The van der Waals surface area contributed by atoms with E-state index in [0.717, 1.165) is 12.8 Å². The number of hydrogen-bond acceptors (Lipinski definition) is 6. The zero-order chi connectivity index (χ0) is 15.8. The Morgan fingerprint density at radius 1 is 1.29 bits per heavy atom. The number of anilines is 2. The second kappa shape index (κ2) is 8.28. The van der Waals surface area contributed by atoms with Crippen LogP contribution in [0.2, 0.25) is 0 Å². The van der Waals surface area contributed by atoms with Crippen LogP contribution in [-0.4, -0.2) is 54.6 Å². The van der Waals surface area contributed by atoms with Crippen molar-refractivity contribution in [2.75, 3.05) is 44.4 Å². The van der Waals surface area contributed by atoms with Crippen molar-refractivity contribution in [3.8, 4) is 5.88 Å². The Morgan fingerprint density at radius 3 is 2.57 bits per heavy atom. The number of amides is 1. The molecule has 1 heterocycles. The summed E-state index contributed by atoms with van der Waals surface area (Å²) in [5.74, 6) is 0.922. The van der Waals surface area contributed by atoms with Gasteiger partial charge in [0.2, 0.25) is 11.8 Å². The summed E-state index contributed by atoms with van der Waals surface area (Å²) in [6.07, 6.45) is 3.17. The van der Waals surface area contributed by atoms with Gasteiger partial charge in [-0.1, -0.05) is 13.8 Å². The molecule has 7 nitrogen and oxygen atoms in total. The number of likely N-dealkylation sites (N-methyl/N-ethyl adjacent to an activating group) is 1. The molecule has 0 radical (unpaired) electrons. The smallest absolute Gasteiger partial charge is 0.242 e. The third-order valence-electron chi connectivity index (χ3n) is 2.89. The van der Waals surface area contributed by atoms with Crippen molar-refractivity contribution in [1.82, 2.24) is 14.9 Å². The van der Waals surface area contributed by atoms with E-state index in [1.54, 1.807) is 19.0 Å². The number of hydrogen-bond donors (Lipinski definition) is 1. The molecule has 1 aromatic heterocycles.